The van der Waals surface area contributed by atoms with Crippen molar-refractivity contribution in [1.82, 2.24) is 0 Å². The minimum Gasteiger partial charge on any atom is -0.281 e. The molecule has 0 spiro atoms. The summed E-state index contributed by atoms with van der Waals surface area (Å²) < 4.78 is 178. The van der Waals surface area contributed by atoms with Gasteiger partial charge in [-0.1, -0.05) is 0 Å². The molecule has 0 amide bonds. The largest absolute Gasteiger partial charge is 0.438 e. The molecule has 0 aliphatic heterocycles. The summed E-state index contributed by atoms with van der Waals surface area (Å²) >= 11 is 3.37. The number of halogens is 14. The second kappa shape index (κ2) is 5.93. The lowest BCUT2D eigenvalue weighted by molar-refractivity contribution is -0.407. The maximum absolute atomic E-state index is 12.8. The van der Waals surface area contributed by atoms with Gasteiger partial charge in [0.15, 0.2) is 0 Å². The van der Waals surface area contributed by atoms with E-state index in [2.05, 4.69) is 11.6 Å². The molecular weight excluding hydrogens is 435 g/mol. The highest BCUT2D eigenvalue weighted by Gasteiger charge is 2.92. The van der Waals surface area contributed by atoms with E-state index in [1.54, 1.807) is 0 Å². The second-order valence-electron chi connectivity index (χ2n) is 3.79. The lowest BCUT2D eigenvalue weighted by Gasteiger charge is -2.39. The fraction of sp³-hybridized carbons (Fsp3) is 1.00. The van der Waals surface area contributed by atoms with Gasteiger partial charge in [0.2, 0.25) is 0 Å². The summed E-state index contributed by atoms with van der Waals surface area (Å²) in [7, 11) is -7.55. The van der Waals surface area contributed by atoms with Crippen molar-refractivity contribution in [3.05, 3.63) is 0 Å². The summed E-state index contributed by atoms with van der Waals surface area (Å²) in [4.78, 5) is 0. The topological polar surface area (TPSA) is 54.4 Å². The Morgan fingerprint density at radius 3 is 1.08 bits per heavy atom. The Labute approximate surface area is 127 Å². The quantitative estimate of drug-likeness (QED) is 0.389. The third-order valence-corrected chi connectivity index (χ3v) is 3.37. The molecule has 0 aromatic rings. The molecule has 0 aromatic carbocycles. The van der Waals surface area contributed by atoms with Crippen LogP contribution in [0.5, 0.6) is 0 Å². The highest BCUT2D eigenvalue weighted by molar-refractivity contribution is 7.87. The van der Waals surface area contributed by atoms with Crippen LogP contribution < -0.4 is 0 Å². The Bertz CT molecular complexity index is 565. The predicted molar refractivity (Wildman–Crippen MR) is 49.6 cm³/mol. The van der Waals surface area contributed by atoms with Gasteiger partial charge >= 0.3 is 44.4 Å². The summed E-state index contributed by atoms with van der Waals surface area (Å²) in [5.74, 6) is -31.5. The molecule has 0 fully saturated rings. The van der Waals surface area contributed by atoms with E-state index in [0.29, 0.717) is 0 Å². The third kappa shape index (κ3) is 3.09. The fourth-order valence-corrected chi connectivity index (χ4v) is 1.49. The first-order valence-corrected chi connectivity index (χ1v) is 6.24. The molecule has 3 nitrogen and oxygen atoms in total. The minimum absolute atomic E-state index is 0. The van der Waals surface area contributed by atoms with E-state index in [1.807, 2.05) is 0 Å². The molecule has 0 aromatic heterocycles. The van der Waals surface area contributed by atoms with Gasteiger partial charge in [-0.15, -0.1) is 0 Å². The van der Waals surface area contributed by atoms with Gasteiger partial charge in [-0.05, 0) is 11.6 Å². The third-order valence-electron chi connectivity index (χ3n) is 2.23. The van der Waals surface area contributed by atoms with Gasteiger partial charge in [-0.2, -0.15) is 61.1 Å². The van der Waals surface area contributed by atoms with Crippen LogP contribution >= 0.6 is 11.6 Å². The molecule has 0 radical (unpaired) electrons. The van der Waals surface area contributed by atoms with Crippen molar-refractivity contribution < 1.29 is 70.4 Å². The molecular formula is C6H2ClF13O3S. The minimum atomic E-state index is -8.10. The van der Waals surface area contributed by atoms with Gasteiger partial charge in [0.1, 0.15) is 0 Å². The molecule has 0 heterocycles. The number of hydrogen-bond acceptors (Lipinski definition) is 2. The van der Waals surface area contributed by atoms with Gasteiger partial charge in [-0.25, -0.2) is 0 Å². The summed E-state index contributed by atoms with van der Waals surface area (Å²) in [6.45, 7) is 0. The second-order valence-corrected chi connectivity index (χ2v) is 5.72. The molecule has 0 rings (SSSR count). The summed E-state index contributed by atoms with van der Waals surface area (Å²) in [6.07, 6.45) is 0. The Hall–Kier alpha value is -0.710. The van der Waals surface area contributed by atoms with Crippen LogP contribution in [0, 0.1) is 0 Å². The summed E-state index contributed by atoms with van der Waals surface area (Å²) in [6, 6.07) is 0. The molecule has 0 saturated heterocycles. The SMILES string of the molecule is F.O=S(=O)(O)C(F)(F)C(F)(F)C(F)(F)C(F)(F)C(F)(F)C(F)(F)Cl. The molecule has 0 unspecified atom stereocenters. The van der Waals surface area contributed by atoms with Gasteiger partial charge in [0.05, 0.1) is 0 Å². The van der Waals surface area contributed by atoms with Gasteiger partial charge in [-0.3, -0.25) is 9.26 Å². The molecule has 0 bridgehead atoms. The van der Waals surface area contributed by atoms with E-state index in [0.717, 1.165) is 0 Å². The van der Waals surface area contributed by atoms with E-state index in [4.69, 9.17) is 4.55 Å². The normalized spacial score (nSPS) is 15.9. The van der Waals surface area contributed by atoms with Crippen LogP contribution in [-0.4, -0.2) is 47.3 Å². The molecule has 18 heteroatoms. The van der Waals surface area contributed by atoms with Crippen LogP contribution in [0.15, 0.2) is 0 Å². The van der Waals surface area contributed by atoms with Gasteiger partial charge < -0.3 is 0 Å². The highest BCUT2D eigenvalue weighted by Crippen LogP contribution is 2.61. The zero-order valence-electron chi connectivity index (χ0n) is 9.99. The molecule has 1 N–H and O–H groups in total. The van der Waals surface area contributed by atoms with Crippen molar-refractivity contribution in [1.29, 1.82) is 0 Å². The Kier molecular flexibility index (Phi) is 6.30. The Morgan fingerprint density at radius 1 is 0.625 bits per heavy atom. The average Bonchev–Trinajstić information content (AvgIpc) is 2.24. The fourth-order valence-electron chi connectivity index (χ4n) is 0.917. The van der Waals surface area contributed by atoms with E-state index in [-0.39, 0.29) is 4.70 Å². The first-order valence-electron chi connectivity index (χ1n) is 4.43. The Morgan fingerprint density at radius 2 is 0.875 bits per heavy atom. The number of hydrogen-bond donors (Lipinski definition) is 1. The Balaban J connectivity index is 0. The van der Waals surface area contributed by atoms with Crippen LogP contribution in [-0.2, 0) is 10.1 Å². The maximum Gasteiger partial charge on any atom is 0.438 e. The lowest BCUT2D eigenvalue weighted by atomic mass is 9.98. The standard InChI is InChI=1S/C6HClF12O3S.FH/c7-5(16,17)3(12,13)1(8,9)2(10,11)4(14,15)6(18,19)23(20,21)22;/h(H,20,21,22);1H. The van der Waals surface area contributed by atoms with Crippen molar-refractivity contribution in [2.75, 3.05) is 0 Å². The van der Waals surface area contributed by atoms with Crippen molar-refractivity contribution in [2.45, 2.75) is 34.3 Å². The van der Waals surface area contributed by atoms with Crippen LogP contribution in [0.2, 0.25) is 0 Å². The molecule has 0 aliphatic rings. The summed E-state index contributed by atoms with van der Waals surface area (Å²) in [5, 5.41) is -14.1. The zero-order valence-corrected chi connectivity index (χ0v) is 11.6. The molecule has 0 aliphatic carbocycles. The monoisotopic (exact) mass is 436 g/mol. The van der Waals surface area contributed by atoms with Gasteiger partial charge in [0, 0.05) is 0 Å². The van der Waals surface area contributed by atoms with Crippen LogP contribution in [0.1, 0.15) is 0 Å². The van der Waals surface area contributed by atoms with Crippen molar-refractivity contribution in [3.63, 3.8) is 0 Å². The zero-order chi connectivity index (χ0) is 19.5. The van der Waals surface area contributed by atoms with Crippen LogP contribution in [0.3, 0.4) is 0 Å². The van der Waals surface area contributed by atoms with Crippen molar-refractivity contribution in [2.24, 2.45) is 0 Å². The number of rotatable bonds is 6. The molecule has 0 atom stereocenters. The molecule has 0 saturated carbocycles. The van der Waals surface area contributed by atoms with E-state index in [1.165, 1.54) is 0 Å². The molecule has 148 valence electrons. The van der Waals surface area contributed by atoms with Crippen LogP contribution in [0.25, 0.3) is 0 Å². The summed E-state index contributed by atoms with van der Waals surface area (Å²) in [5.41, 5.74) is 0. The smallest absolute Gasteiger partial charge is 0.281 e. The van der Waals surface area contributed by atoms with E-state index in [9.17, 15) is 61.1 Å². The molecule has 24 heavy (non-hydrogen) atoms. The maximum atomic E-state index is 12.8. The van der Waals surface area contributed by atoms with Crippen molar-refractivity contribution in [3.8, 4) is 0 Å². The lowest BCUT2D eigenvalue weighted by Crippen LogP contribution is -2.70. The predicted octanol–water partition coefficient (Wildman–Crippen LogP) is 3.99. The first kappa shape index (κ1) is 25.5. The average molecular weight is 437 g/mol. The van der Waals surface area contributed by atoms with E-state index < -0.39 is 44.4 Å². The highest BCUT2D eigenvalue weighted by atomic mass is 35.5. The van der Waals surface area contributed by atoms with Crippen molar-refractivity contribution >= 4 is 21.7 Å². The first-order chi connectivity index (χ1) is 9.50. The van der Waals surface area contributed by atoms with E-state index >= 15 is 0 Å². The number of alkyl halides is 13. The van der Waals surface area contributed by atoms with Crippen LogP contribution in [0.4, 0.5) is 57.4 Å². The van der Waals surface area contributed by atoms with Gasteiger partial charge in [0.25, 0.3) is 0 Å².